The van der Waals surface area contributed by atoms with Gasteiger partial charge in [0.2, 0.25) is 5.91 Å². The molecule has 5 heteroatoms. The number of piperidine rings is 1. The highest BCUT2D eigenvalue weighted by Crippen LogP contribution is 2.31. The summed E-state index contributed by atoms with van der Waals surface area (Å²) in [4.78, 5) is 25.7. The van der Waals surface area contributed by atoms with Gasteiger partial charge in [-0.1, -0.05) is 29.8 Å². The third-order valence-corrected chi connectivity index (χ3v) is 4.28. The monoisotopic (exact) mass is 305 g/mol. The Labute approximate surface area is 130 Å². The van der Waals surface area contributed by atoms with E-state index in [4.69, 9.17) is 4.74 Å². The molecule has 1 fully saturated rings. The van der Waals surface area contributed by atoms with E-state index in [1.54, 1.807) is 4.90 Å². The third-order valence-electron chi connectivity index (χ3n) is 4.28. The Bertz CT molecular complexity index is 536. The molecular formula is C17H23NO4. The maximum Gasteiger partial charge on any atom is 0.313 e. The molecule has 1 atom stereocenters. The number of carboxylic acid groups (broad SMARTS) is 1. The van der Waals surface area contributed by atoms with Crippen LogP contribution >= 0.6 is 0 Å². The Morgan fingerprint density at radius 2 is 2.00 bits per heavy atom. The number of carbonyl (C=O) groups is 2. The number of aliphatic carboxylic acids is 1. The van der Waals surface area contributed by atoms with Gasteiger partial charge in [-0.3, -0.25) is 9.59 Å². The minimum Gasteiger partial charge on any atom is -0.481 e. The molecular weight excluding hydrogens is 282 g/mol. The lowest BCUT2D eigenvalue weighted by Gasteiger charge is -2.39. The second-order valence-electron chi connectivity index (χ2n) is 6.10. The van der Waals surface area contributed by atoms with Crippen molar-refractivity contribution >= 4 is 11.9 Å². The first kappa shape index (κ1) is 16.5. The summed E-state index contributed by atoms with van der Waals surface area (Å²) in [5.74, 6) is -0.910. The van der Waals surface area contributed by atoms with Crippen LogP contribution in [0.25, 0.3) is 0 Å². The average molecular weight is 305 g/mol. The van der Waals surface area contributed by atoms with Crippen LogP contribution in [-0.2, 0) is 20.7 Å². The van der Waals surface area contributed by atoms with Crippen molar-refractivity contribution in [2.75, 3.05) is 26.8 Å². The summed E-state index contributed by atoms with van der Waals surface area (Å²) >= 11 is 0. The van der Waals surface area contributed by atoms with Crippen molar-refractivity contribution in [3.05, 3.63) is 35.4 Å². The molecule has 0 aliphatic carbocycles. The van der Waals surface area contributed by atoms with Crippen molar-refractivity contribution in [3.63, 3.8) is 0 Å². The lowest BCUT2D eigenvalue weighted by molar-refractivity contribution is -0.159. The normalized spacial score (nSPS) is 21.6. The molecule has 1 aromatic rings. The summed E-state index contributed by atoms with van der Waals surface area (Å²) < 4.78 is 5.09. The Morgan fingerprint density at radius 3 is 2.59 bits per heavy atom. The molecule has 1 saturated heterocycles. The molecule has 22 heavy (non-hydrogen) atoms. The molecule has 0 radical (unpaired) electrons. The van der Waals surface area contributed by atoms with Crippen molar-refractivity contribution in [1.82, 2.24) is 4.90 Å². The molecule has 1 N–H and O–H groups in total. The molecule has 2 rings (SSSR count). The molecule has 1 aromatic carbocycles. The topological polar surface area (TPSA) is 66.8 Å². The quantitative estimate of drug-likeness (QED) is 0.902. The molecule has 1 aliphatic rings. The number of amides is 1. The van der Waals surface area contributed by atoms with E-state index in [1.165, 1.54) is 7.11 Å². The van der Waals surface area contributed by atoms with Crippen molar-refractivity contribution in [1.29, 1.82) is 0 Å². The Balaban J connectivity index is 2.06. The minimum atomic E-state index is -0.976. The van der Waals surface area contributed by atoms with Gasteiger partial charge in [-0.25, -0.2) is 0 Å². The molecule has 0 spiro atoms. The van der Waals surface area contributed by atoms with Crippen molar-refractivity contribution in [3.8, 4) is 0 Å². The van der Waals surface area contributed by atoms with Crippen LogP contribution in [0.15, 0.2) is 24.3 Å². The first-order chi connectivity index (χ1) is 10.5. The Hall–Kier alpha value is -1.88. The zero-order valence-electron chi connectivity index (χ0n) is 13.2. The van der Waals surface area contributed by atoms with Gasteiger partial charge in [0.1, 0.15) is 5.41 Å². The van der Waals surface area contributed by atoms with Crippen LogP contribution in [0, 0.1) is 12.3 Å². The summed E-state index contributed by atoms with van der Waals surface area (Å²) in [6, 6.07) is 7.84. The van der Waals surface area contributed by atoms with Crippen LogP contribution in [0.5, 0.6) is 0 Å². The predicted molar refractivity (Wildman–Crippen MR) is 82.6 cm³/mol. The summed E-state index contributed by atoms with van der Waals surface area (Å²) in [6.07, 6.45) is 1.54. The van der Waals surface area contributed by atoms with E-state index in [2.05, 4.69) is 0 Å². The minimum absolute atomic E-state index is 0.0229. The van der Waals surface area contributed by atoms with Gasteiger partial charge in [0.05, 0.1) is 13.0 Å². The molecule has 5 nitrogen and oxygen atoms in total. The smallest absolute Gasteiger partial charge is 0.313 e. The predicted octanol–water partition coefficient (Wildman–Crippen LogP) is 1.88. The van der Waals surface area contributed by atoms with Gasteiger partial charge in [-0.15, -0.1) is 0 Å². The van der Waals surface area contributed by atoms with E-state index in [0.29, 0.717) is 25.8 Å². The summed E-state index contributed by atoms with van der Waals surface area (Å²) in [5.41, 5.74) is 1.13. The number of ether oxygens (including phenoxy) is 1. The van der Waals surface area contributed by atoms with Gasteiger partial charge in [-0.05, 0) is 25.3 Å². The van der Waals surface area contributed by atoms with Crippen LogP contribution < -0.4 is 0 Å². The highest BCUT2D eigenvalue weighted by molar-refractivity contribution is 5.81. The van der Waals surface area contributed by atoms with Crippen molar-refractivity contribution in [2.24, 2.45) is 5.41 Å². The van der Waals surface area contributed by atoms with E-state index in [1.807, 2.05) is 31.2 Å². The molecule has 0 bridgehead atoms. The zero-order chi connectivity index (χ0) is 16.2. The standard InChI is InChI=1S/C17H23NO4/c1-13-4-6-14(7-5-13)10-15(19)18-9-3-8-17(11-18,12-22-2)16(20)21/h4-7H,3,8-12H2,1-2H3,(H,20,21). The zero-order valence-corrected chi connectivity index (χ0v) is 13.2. The summed E-state index contributed by atoms with van der Waals surface area (Å²) in [5, 5.41) is 9.52. The molecule has 0 saturated carbocycles. The van der Waals surface area contributed by atoms with Crippen LogP contribution in [-0.4, -0.2) is 48.7 Å². The number of aryl methyl sites for hydroxylation is 1. The maximum atomic E-state index is 12.5. The Morgan fingerprint density at radius 1 is 1.32 bits per heavy atom. The number of carboxylic acids is 1. The fourth-order valence-electron chi connectivity index (χ4n) is 2.97. The fraction of sp³-hybridized carbons (Fsp3) is 0.529. The van der Waals surface area contributed by atoms with Gasteiger partial charge in [0.25, 0.3) is 0 Å². The van der Waals surface area contributed by atoms with Gasteiger partial charge >= 0.3 is 5.97 Å². The van der Waals surface area contributed by atoms with Crippen molar-refractivity contribution < 1.29 is 19.4 Å². The molecule has 120 valence electrons. The Kier molecular flexibility index (Phi) is 5.19. The van der Waals surface area contributed by atoms with Gasteiger partial charge in [-0.2, -0.15) is 0 Å². The first-order valence-electron chi connectivity index (χ1n) is 7.52. The summed E-state index contributed by atoms with van der Waals surface area (Å²) in [6.45, 7) is 2.98. The number of rotatable bonds is 5. The van der Waals surface area contributed by atoms with Gasteiger partial charge in [0.15, 0.2) is 0 Å². The number of nitrogens with zero attached hydrogens (tertiary/aromatic N) is 1. The van der Waals surface area contributed by atoms with Crippen LogP contribution in [0.4, 0.5) is 0 Å². The van der Waals surface area contributed by atoms with Crippen molar-refractivity contribution in [2.45, 2.75) is 26.2 Å². The number of methoxy groups -OCH3 is 1. The molecule has 0 aromatic heterocycles. The maximum absolute atomic E-state index is 12.5. The van der Waals surface area contributed by atoms with Crippen LogP contribution in [0.1, 0.15) is 24.0 Å². The SMILES string of the molecule is COCC1(C(=O)O)CCCN(C(=O)Cc2ccc(C)cc2)C1. The van der Waals surface area contributed by atoms with E-state index in [0.717, 1.165) is 11.1 Å². The van der Waals surface area contributed by atoms with Crippen LogP contribution in [0.3, 0.4) is 0 Å². The van der Waals surface area contributed by atoms with Crippen LogP contribution in [0.2, 0.25) is 0 Å². The number of hydrogen-bond donors (Lipinski definition) is 1. The highest BCUT2D eigenvalue weighted by Gasteiger charge is 2.43. The largest absolute Gasteiger partial charge is 0.481 e. The number of hydrogen-bond acceptors (Lipinski definition) is 3. The molecule has 1 aliphatic heterocycles. The third kappa shape index (κ3) is 3.65. The molecule has 1 heterocycles. The van der Waals surface area contributed by atoms with Gasteiger partial charge < -0.3 is 14.7 Å². The second kappa shape index (κ2) is 6.92. The lowest BCUT2D eigenvalue weighted by atomic mass is 9.80. The molecule has 1 unspecified atom stereocenters. The lowest BCUT2D eigenvalue weighted by Crippen LogP contribution is -2.52. The number of likely N-dealkylation sites (tertiary alicyclic amines) is 1. The van der Waals surface area contributed by atoms with E-state index in [-0.39, 0.29) is 19.1 Å². The highest BCUT2D eigenvalue weighted by atomic mass is 16.5. The average Bonchev–Trinajstić information content (AvgIpc) is 2.50. The molecule has 1 amide bonds. The summed E-state index contributed by atoms with van der Waals surface area (Å²) in [7, 11) is 1.50. The van der Waals surface area contributed by atoms with E-state index in [9.17, 15) is 14.7 Å². The van der Waals surface area contributed by atoms with E-state index >= 15 is 0 Å². The second-order valence-corrected chi connectivity index (χ2v) is 6.10. The first-order valence-corrected chi connectivity index (χ1v) is 7.52. The fourth-order valence-corrected chi connectivity index (χ4v) is 2.97. The number of carbonyl (C=O) groups excluding carboxylic acids is 1. The number of benzene rings is 1. The van der Waals surface area contributed by atoms with E-state index < -0.39 is 11.4 Å². The van der Waals surface area contributed by atoms with Gasteiger partial charge in [0, 0.05) is 20.2 Å².